The van der Waals surface area contributed by atoms with E-state index in [2.05, 4.69) is 58.2 Å². The Labute approximate surface area is 111 Å². The Balaban J connectivity index is 0.00000144. The third-order valence-corrected chi connectivity index (χ3v) is 3.24. The Morgan fingerprint density at radius 1 is 1.18 bits per heavy atom. The van der Waals surface area contributed by atoms with Crippen molar-refractivity contribution in [3.8, 4) is 0 Å². The second kappa shape index (κ2) is 6.52. The summed E-state index contributed by atoms with van der Waals surface area (Å²) in [5.41, 5.74) is 2.62. The van der Waals surface area contributed by atoms with Crippen molar-refractivity contribution in [1.82, 2.24) is 11.1 Å². The molecule has 0 saturated heterocycles. The van der Waals surface area contributed by atoms with Crippen LogP contribution in [0.3, 0.4) is 0 Å². The number of rotatable bonds is 3. The molecule has 0 saturated carbocycles. The van der Waals surface area contributed by atoms with E-state index in [4.69, 9.17) is 0 Å². The molecule has 1 atom stereocenters. The van der Waals surface area contributed by atoms with Crippen molar-refractivity contribution in [1.29, 1.82) is 0 Å². The van der Waals surface area contributed by atoms with Crippen LogP contribution in [-0.4, -0.2) is 4.98 Å². The zero-order chi connectivity index (χ0) is 11.4. The van der Waals surface area contributed by atoms with E-state index in [0.29, 0.717) is 5.92 Å². The Kier molecular flexibility index (Phi) is 5.32. The third-order valence-electron chi connectivity index (χ3n) is 2.75. The molecule has 1 aromatic carbocycles. The smallest absolute Gasteiger partial charge is 0.0306 e. The van der Waals surface area contributed by atoms with Gasteiger partial charge in [0.25, 0.3) is 0 Å². The van der Waals surface area contributed by atoms with E-state index in [1.807, 2.05) is 18.5 Å². The summed E-state index contributed by atoms with van der Waals surface area (Å²) in [6.45, 7) is 2.21. The minimum absolute atomic E-state index is 0. The number of nitrogens with zero attached hydrogens (tertiary/aromatic N) is 1. The first-order valence-corrected chi connectivity index (χ1v) is 6.26. The number of hydrogen-bond donors (Lipinski definition) is 1. The molecule has 3 heteroatoms. The number of hydrogen-bond acceptors (Lipinski definition) is 2. The van der Waals surface area contributed by atoms with Crippen LogP contribution in [0.15, 0.2) is 53.3 Å². The van der Waals surface area contributed by atoms with E-state index in [0.717, 1.165) is 10.9 Å². The summed E-state index contributed by atoms with van der Waals surface area (Å²) < 4.78 is 1.13. The maximum absolute atomic E-state index is 4.19. The molecule has 2 rings (SSSR count). The minimum atomic E-state index is 0. The largest absolute Gasteiger partial charge is 0.344 e. The fourth-order valence-electron chi connectivity index (χ4n) is 1.97. The molecule has 0 fully saturated rings. The predicted octanol–water partition coefficient (Wildman–Crippen LogP) is 4.55. The van der Waals surface area contributed by atoms with Crippen LogP contribution in [0, 0.1) is 0 Å². The predicted molar refractivity (Wildman–Crippen MR) is 75.5 cm³/mol. The van der Waals surface area contributed by atoms with Gasteiger partial charge in [-0.3, -0.25) is 4.98 Å². The van der Waals surface area contributed by atoms with Crippen molar-refractivity contribution < 1.29 is 0 Å². The molecule has 1 unspecified atom stereocenters. The average Bonchev–Trinajstić information content (AvgIpc) is 2.31. The van der Waals surface area contributed by atoms with Gasteiger partial charge in [-0.05, 0) is 35.7 Å². The Hall–Kier alpha value is -1.19. The van der Waals surface area contributed by atoms with E-state index in [-0.39, 0.29) is 6.15 Å². The van der Waals surface area contributed by atoms with Gasteiger partial charge in [0, 0.05) is 22.8 Å². The van der Waals surface area contributed by atoms with Crippen LogP contribution in [0.1, 0.15) is 30.4 Å². The summed E-state index contributed by atoms with van der Waals surface area (Å²) in [7, 11) is 0. The zero-order valence-corrected chi connectivity index (χ0v) is 11.5. The topological polar surface area (TPSA) is 47.9 Å². The summed E-state index contributed by atoms with van der Waals surface area (Å²) in [5.74, 6) is 0.436. The van der Waals surface area contributed by atoms with Crippen LogP contribution in [0.5, 0.6) is 0 Å². The maximum Gasteiger partial charge on any atom is 0.0306 e. The minimum Gasteiger partial charge on any atom is -0.344 e. The van der Waals surface area contributed by atoms with Crippen molar-refractivity contribution in [3.63, 3.8) is 0 Å². The second-order valence-electron chi connectivity index (χ2n) is 3.80. The molecule has 17 heavy (non-hydrogen) atoms. The highest BCUT2D eigenvalue weighted by Gasteiger charge is 2.11. The molecule has 0 radical (unpaired) electrons. The lowest BCUT2D eigenvalue weighted by Crippen LogP contribution is -1.99. The monoisotopic (exact) mass is 292 g/mol. The summed E-state index contributed by atoms with van der Waals surface area (Å²) >= 11 is 3.52. The summed E-state index contributed by atoms with van der Waals surface area (Å²) in [6.07, 6.45) is 4.86. The van der Waals surface area contributed by atoms with Gasteiger partial charge in [0.15, 0.2) is 0 Å². The van der Waals surface area contributed by atoms with Crippen LogP contribution in [-0.2, 0) is 0 Å². The van der Waals surface area contributed by atoms with Crippen molar-refractivity contribution >= 4 is 15.9 Å². The Bertz CT molecular complexity index is 457. The van der Waals surface area contributed by atoms with E-state index >= 15 is 0 Å². The van der Waals surface area contributed by atoms with Crippen LogP contribution < -0.4 is 6.15 Å². The molecule has 1 aromatic heterocycles. The number of halogens is 1. The van der Waals surface area contributed by atoms with Gasteiger partial charge in [-0.15, -0.1) is 0 Å². The maximum atomic E-state index is 4.19. The van der Waals surface area contributed by atoms with Crippen LogP contribution in [0.25, 0.3) is 0 Å². The van der Waals surface area contributed by atoms with Crippen molar-refractivity contribution in [2.45, 2.75) is 19.3 Å². The Morgan fingerprint density at radius 3 is 2.53 bits per heavy atom. The summed E-state index contributed by atoms with van der Waals surface area (Å²) in [4.78, 5) is 4.19. The lowest BCUT2D eigenvalue weighted by Gasteiger charge is -2.15. The summed E-state index contributed by atoms with van der Waals surface area (Å²) in [5, 5.41) is 0. The molecule has 1 heterocycles. The molecule has 0 bridgehead atoms. The SMILES string of the molecule is CCC(c1cccnc1)c1cccc(Br)c1.N. The fourth-order valence-corrected chi connectivity index (χ4v) is 2.39. The third kappa shape index (κ3) is 3.38. The standard InChI is InChI=1S/C14H14BrN.H3N/c1-2-14(12-6-4-8-16-10-12)11-5-3-7-13(15)9-11;/h3-10,14H,2H2,1H3;1H3. The van der Waals surface area contributed by atoms with Crippen LogP contribution >= 0.6 is 15.9 Å². The van der Waals surface area contributed by atoms with Gasteiger partial charge in [0.2, 0.25) is 0 Å². The molecule has 0 aliphatic rings. The molecule has 0 aliphatic heterocycles. The normalized spacial score (nSPS) is 11.6. The second-order valence-corrected chi connectivity index (χ2v) is 4.72. The van der Waals surface area contributed by atoms with Gasteiger partial charge in [-0.1, -0.05) is 41.1 Å². The zero-order valence-electron chi connectivity index (χ0n) is 9.94. The van der Waals surface area contributed by atoms with E-state index < -0.39 is 0 Å². The van der Waals surface area contributed by atoms with Crippen molar-refractivity contribution in [2.75, 3.05) is 0 Å². The van der Waals surface area contributed by atoms with Crippen LogP contribution in [0.4, 0.5) is 0 Å². The van der Waals surface area contributed by atoms with Gasteiger partial charge in [-0.25, -0.2) is 0 Å². The van der Waals surface area contributed by atoms with E-state index in [1.165, 1.54) is 11.1 Å². The first-order valence-electron chi connectivity index (χ1n) is 5.46. The highest BCUT2D eigenvalue weighted by molar-refractivity contribution is 9.10. The highest BCUT2D eigenvalue weighted by atomic mass is 79.9. The molecule has 3 N–H and O–H groups in total. The molecule has 2 aromatic rings. The molecule has 2 nitrogen and oxygen atoms in total. The molecular formula is C14H17BrN2. The van der Waals surface area contributed by atoms with Gasteiger partial charge >= 0.3 is 0 Å². The van der Waals surface area contributed by atoms with Gasteiger partial charge in [-0.2, -0.15) is 0 Å². The molecule has 90 valence electrons. The quantitative estimate of drug-likeness (QED) is 0.902. The van der Waals surface area contributed by atoms with Crippen molar-refractivity contribution in [3.05, 3.63) is 64.4 Å². The lowest BCUT2D eigenvalue weighted by atomic mass is 9.90. The first kappa shape index (κ1) is 13.9. The summed E-state index contributed by atoms with van der Waals surface area (Å²) in [6, 6.07) is 12.6. The molecule has 0 aliphatic carbocycles. The van der Waals surface area contributed by atoms with E-state index in [9.17, 15) is 0 Å². The Morgan fingerprint density at radius 2 is 1.94 bits per heavy atom. The first-order chi connectivity index (χ1) is 7.81. The van der Waals surface area contributed by atoms with Gasteiger partial charge in [0.1, 0.15) is 0 Å². The molecule has 0 spiro atoms. The molecular weight excluding hydrogens is 276 g/mol. The molecule has 0 amide bonds. The van der Waals surface area contributed by atoms with E-state index in [1.54, 1.807) is 0 Å². The van der Waals surface area contributed by atoms with Gasteiger partial charge < -0.3 is 6.15 Å². The fraction of sp³-hybridized carbons (Fsp3) is 0.214. The van der Waals surface area contributed by atoms with Crippen LogP contribution in [0.2, 0.25) is 0 Å². The van der Waals surface area contributed by atoms with Gasteiger partial charge in [0.05, 0.1) is 0 Å². The van der Waals surface area contributed by atoms with Crippen molar-refractivity contribution in [2.24, 2.45) is 0 Å². The number of benzene rings is 1. The number of pyridine rings is 1. The average molecular weight is 293 g/mol. The highest BCUT2D eigenvalue weighted by Crippen LogP contribution is 2.28. The lowest BCUT2D eigenvalue weighted by molar-refractivity contribution is 0.772. The number of aromatic nitrogens is 1.